The van der Waals surface area contributed by atoms with Crippen LogP contribution in [0, 0.1) is 5.92 Å². The second kappa shape index (κ2) is 13.0. The summed E-state index contributed by atoms with van der Waals surface area (Å²) in [6, 6.07) is 8.40. The third kappa shape index (κ3) is 7.63. The lowest BCUT2D eigenvalue weighted by Gasteiger charge is -2.34. The Morgan fingerprint density at radius 3 is 2.57 bits per heavy atom. The first-order valence-corrected chi connectivity index (χ1v) is 11.1. The highest BCUT2D eigenvalue weighted by atomic mass is 127. The minimum atomic E-state index is 0. The average Bonchev–Trinajstić information content (AvgIpc) is 2.76. The van der Waals surface area contributed by atoms with Gasteiger partial charge in [-0.15, -0.1) is 24.0 Å². The lowest BCUT2D eigenvalue weighted by atomic mass is 9.93. The van der Waals surface area contributed by atoms with Gasteiger partial charge < -0.3 is 20.3 Å². The molecule has 2 aliphatic rings. The summed E-state index contributed by atoms with van der Waals surface area (Å²) in [7, 11) is 3.54. The van der Waals surface area contributed by atoms with E-state index in [-0.39, 0.29) is 29.9 Å². The average molecular weight is 528 g/mol. The van der Waals surface area contributed by atoms with Gasteiger partial charge in [0, 0.05) is 40.2 Å². The molecule has 1 aliphatic heterocycles. The Hall–Kier alpha value is -1.51. The maximum absolute atomic E-state index is 11.6. The fourth-order valence-corrected chi connectivity index (χ4v) is 4.33. The van der Waals surface area contributed by atoms with Crippen LogP contribution >= 0.6 is 24.0 Å². The van der Waals surface area contributed by atoms with Crippen molar-refractivity contribution < 1.29 is 9.53 Å². The summed E-state index contributed by atoms with van der Waals surface area (Å²) in [4.78, 5) is 18.4. The van der Waals surface area contributed by atoms with E-state index in [1.807, 2.05) is 7.05 Å². The molecule has 30 heavy (non-hydrogen) atoms. The number of guanidine groups is 1. The third-order valence-corrected chi connectivity index (χ3v) is 6.08. The molecule has 1 saturated carbocycles. The molecule has 2 fully saturated rings. The Labute approximate surface area is 198 Å². The van der Waals surface area contributed by atoms with E-state index in [9.17, 15) is 4.79 Å². The predicted molar refractivity (Wildman–Crippen MR) is 133 cm³/mol. The van der Waals surface area contributed by atoms with Gasteiger partial charge in [0.05, 0.1) is 6.10 Å². The molecule has 0 aromatic heterocycles. The van der Waals surface area contributed by atoms with Crippen LogP contribution in [0.4, 0.5) is 0 Å². The maximum atomic E-state index is 11.6. The molecule has 1 aromatic rings. The van der Waals surface area contributed by atoms with E-state index in [4.69, 9.17) is 4.74 Å². The summed E-state index contributed by atoms with van der Waals surface area (Å²) in [5.41, 5.74) is 1.20. The fourth-order valence-electron chi connectivity index (χ4n) is 4.33. The molecule has 168 valence electrons. The quantitative estimate of drug-likeness (QED) is 0.334. The number of carbonyl (C=O) groups is 1. The van der Waals surface area contributed by atoms with Crippen molar-refractivity contribution in [2.24, 2.45) is 10.9 Å². The Bertz CT molecular complexity index is 684. The molecular weight excluding hydrogens is 491 g/mol. The zero-order valence-electron chi connectivity index (χ0n) is 18.4. The predicted octanol–water partition coefficient (Wildman–Crippen LogP) is 3.94. The topological polar surface area (TPSA) is 66.0 Å². The summed E-state index contributed by atoms with van der Waals surface area (Å²) in [5.74, 6) is 2.52. The largest absolute Gasteiger partial charge is 0.490 e. The van der Waals surface area contributed by atoms with Gasteiger partial charge in [0.1, 0.15) is 5.75 Å². The molecule has 1 aliphatic carbocycles. The molecule has 2 N–H and O–H groups in total. The fraction of sp³-hybridized carbons (Fsp3) is 0.652. The van der Waals surface area contributed by atoms with E-state index >= 15 is 0 Å². The molecule has 3 rings (SSSR count). The Morgan fingerprint density at radius 1 is 1.17 bits per heavy atom. The first kappa shape index (κ1) is 24.8. The first-order valence-electron chi connectivity index (χ1n) is 11.1. The third-order valence-electron chi connectivity index (χ3n) is 6.08. The monoisotopic (exact) mass is 528 g/mol. The minimum Gasteiger partial charge on any atom is -0.490 e. The van der Waals surface area contributed by atoms with Crippen molar-refractivity contribution in [3.05, 3.63) is 29.8 Å². The van der Waals surface area contributed by atoms with Gasteiger partial charge in [0.2, 0.25) is 5.91 Å². The molecule has 6 nitrogen and oxygen atoms in total. The van der Waals surface area contributed by atoms with E-state index in [0.29, 0.717) is 18.4 Å². The highest BCUT2D eigenvalue weighted by Gasteiger charge is 2.23. The van der Waals surface area contributed by atoms with E-state index < -0.39 is 0 Å². The second-order valence-corrected chi connectivity index (χ2v) is 8.23. The van der Waals surface area contributed by atoms with Gasteiger partial charge in [-0.05, 0) is 62.1 Å². The molecule has 0 unspecified atom stereocenters. The zero-order chi connectivity index (χ0) is 20.5. The normalized spacial score (nSPS) is 18.5. The number of hydrogen-bond acceptors (Lipinski definition) is 3. The van der Waals surface area contributed by atoms with Crippen molar-refractivity contribution in [2.45, 2.75) is 64.0 Å². The highest BCUT2D eigenvalue weighted by molar-refractivity contribution is 14.0. The van der Waals surface area contributed by atoms with Gasteiger partial charge >= 0.3 is 0 Å². The number of rotatable bonds is 6. The van der Waals surface area contributed by atoms with Crippen LogP contribution in [0.3, 0.4) is 0 Å². The van der Waals surface area contributed by atoms with Gasteiger partial charge in [-0.3, -0.25) is 9.79 Å². The molecule has 0 radical (unpaired) electrons. The van der Waals surface area contributed by atoms with E-state index in [1.165, 1.54) is 37.7 Å². The number of nitrogens with zero attached hydrogens (tertiary/aromatic N) is 2. The van der Waals surface area contributed by atoms with Crippen LogP contribution in [0.5, 0.6) is 5.75 Å². The number of aliphatic imine (C=N–C) groups is 1. The van der Waals surface area contributed by atoms with Crippen LogP contribution in [0.25, 0.3) is 0 Å². The lowest BCUT2D eigenvalue weighted by molar-refractivity contribution is -0.121. The molecule has 0 spiro atoms. The van der Waals surface area contributed by atoms with Crippen molar-refractivity contribution >= 4 is 35.8 Å². The SMILES string of the molecule is CN=C(NCc1cccc(OC2CCCCC2)c1)N1CCC(CC(=O)NC)CC1.I. The van der Waals surface area contributed by atoms with E-state index in [0.717, 1.165) is 44.2 Å². The van der Waals surface area contributed by atoms with Crippen molar-refractivity contribution in [1.82, 2.24) is 15.5 Å². The summed E-state index contributed by atoms with van der Waals surface area (Å²) < 4.78 is 6.20. The second-order valence-electron chi connectivity index (χ2n) is 8.23. The minimum absolute atomic E-state index is 0. The first-order chi connectivity index (χ1) is 14.2. The zero-order valence-corrected chi connectivity index (χ0v) is 20.7. The molecule has 0 bridgehead atoms. The summed E-state index contributed by atoms with van der Waals surface area (Å²) >= 11 is 0. The van der Waals surface area contributed by atoms with Crippen LogP contribution in [-0.2, 0) is 11.3 Å². The smallest absolute Gasteiger partial charge is 0.220 e. The van der Waals surface area contributed by atoms with Crippen molar-refractivity contribution in [1.29, 1.82) is 0 Å². The van der Waals surface area contributed by atoms with E-state index in [2.05, 4.69) is 44.8 Å². The number of hydrogen-bond donors (Lipinski definition) is 2. The number of ether oxygens (including phenoxy) is 1. The maximum Gasteiger partial charge on any atom is 0.220 e. The number of likely N-dealkylation sites (tertiary alicyclic amines) is 1. The van der Waals surface area contributed by atoms with Crippen molar-refractivity contribution in [2.75, 3.05) is 27.2 Å². The Balaban J connectivity index is 0.00000320. The Morgan fingerprint density at radius 2 is 1.90 bits per heavy atom. The summed E-state index contributed by atoms with van der Waals surface area (Å²) in [6.07, 6.45) is 9.30. The molecule has 1 amide bonds. The van der Waals surface area contributed by atoms with Crippen LogP contribution in [-0.4, -0.2) is 50.1 Å². The molecule has 1 heterocycles. The van der Waals surface area contributed by atoms with Crippen LogP contribution in [0.1, 0.15) is 56.9 Å². The molecular formula is C23H37IN4O2. The van der Waals surface area contributed by atoms with Gasteiger partial charge in [0.25, 0.3) is 0 Å². The number of piperidine rings is 1. The van der Waals surface area contributed by atoms with Gasteiger partial charge in [0.15, 0.2) is 5.96 Å². The number of amides is 1. The molecule has 1 aromatic carbocycles. The van der Waals surface area contributed by atoms with Gasteiger partial charge in [-0.1, -0.05) is 18.6 Å². The van der Waals surface area contributed by atoms with Crippen LogP contribution in [0.2, 0.25) is 0 Å². The lowest BCUT2D eigenvalue weighted by Crippen LogP contribution is -2.45. The summed E-state index contributed by atoms with van der Waals surface area (Å²) in [6.45, 7) is 2.60. The standard InChI is InChI=1S/C23H36N4O2.HI/c1-24-22(28)16-18-11-13-27(14-12-18)23(25-2)26-17-19-7-6-10-21(15-19)29-20-8-4-3-5-9-20;/h6-7,10,15,18,20H,3-5,8-9,11-14,16-17H2,1-2H3,(H,24,28)(H,25,26);1H. The van der Waals surface area contributed by atoms with Gasteiger partial charge in [-0.25, -0.2) is 0 Å². The number of nitrogens with one attached hydrogen (secondary N) is 2. The van der Waals surface area contributed by atoms with Crippen molar-refractivity contribution in [3.63, 3.8) is 0 Å². The molecule has 0 atom stereocenters. The molecule has 1 saturated heterocycles. The Kier molecular flexibility index (Phi) is 10.7. The summed E-state index contributed by atoms with van der Waals surface area (Å²) in [5, 5.41) is 6.22. The van der Waals surface area contributed by atoms with Crippen LogP contribution < -0.4 is 15.4 Å². The van der Waals surface area contributed by atoms with Crippen molar-refractivity contribution in [3.8, 4) is 5.75 Å². The van der Waals surface area contributed by atoms with E-state index in [1.54, 1.807) is 7.05 Å². The van der Waals surface area contributed by atoms with Gasteiger partial charge in [-0.2, -0.15) is 0 Å². The number of benzene rings is 1. The van der Waals surface area contributed by atoms with Crippen LogP contribution in [0.15, 0.2) is 29.3 Å². The number of carbonyl (C=O) groups excluding carboxylic acids is 1. The highest BCUT2D eigenvalue weighted by Crippen LogP contribution is 2.24. The molecule has 7 heteroatoms. The number of halogens is 1.